The number of hydrogen-bond donors (Lipinski definition) is 3. The summed E-state index contributed by atoms with van der Waals surface area (Å²) in [7, 11) is 1.64. The molecule has 12 heteroatoms. The van der Waals surface area contributed by atoms with Crippen molar-refractivity contribution in [2.45, 2.75) is 45.1 Å². The standard InChI is InChI=1S/C33H41ClN8O3/c1-33(2)29-22(7-6-8-26(29)37-31(33)44)20-35-30-24(34)21-36-32(39-30)38-25-10-9-23(19-27(25)45-3)41-15-17-42(18-16-41)28(43)11-14-40-12-4-5-13-40/h6-10,19,21H,4-5,11-18,20H2,1-3H3,(H,37,44)(H2,35,36,38,39). The van der Waals surface area contributed by atoms with Crippen molar-refractivity contribution in [1.82, 2.24) is 19.8 Å². The molecule has 0 atom stereocenters. The zero-order chi connectivity index (χ0) is 31.6. The minimum atomic E-state index is -0.628. The van der Waals surface area contributed by atoms with Crippen molar-refractivity contribution >= 4 is 52.2 Å². The molecule has 2 fully saturated rings. The third-order valence-electron chi connectivity index (χ3n) is 9.05. The molecule has 2 aromatic carbocycles. The molecule has 0 aliphatic carbocycles. The van der Waals surface area contributed by atoms with Crippen LogP contribution < -0.4 is 25.6 Å². The molecule has 3 N–H and O–H groups in total. The molecule has 0 saturated carbocycles. The lowest BCUT2D eigenvalue weighted by Gasteiger charge is -2.36. The average molecular weight is 633 g/mol. The number of rotatable bonds is 10. The van der Waals surface area contributed by atoms with Crippen molar-refractivity contribution in [1.29, 1.82) is 0 Å². The van der Waals surface area contributed by atoms with E-state index >= 15 is 0 Å². The number of methoxy groups -OCH3 is 1. The lowest BCUT2D eigenvalue weighted by Crippen LogP contribution is -2.49. The van der Waals surface area contributed by atoms with E-state index in [1.165, 1.54) is 12.8 Å². The fraction of sp³-hybridized carbons (Fsp3) is 0.455. The van der Waals surface area contributed by atoms with Gasteiger partial charge in [-0.15, -0.1) is 0 Å². The second-order valence-electron chi connectivity index (χ2n) is 12.3. The van der Waals surface area contributed by atoms with Crippen LogP contribution in [0.1, 0.15) is 44.2 Å². The average Bonchev–Trinajstić information content (AvgIpc) is 3.65. The highest BCUT2D eigenvalue weighted by molar-refractivity contribution is 6.32. The minimum Gasteiger partial charge on any atom is -0.494 e. The van der Waals surface area contributed by atoms with Crippen LogP contribution in [-0.4, -0.2) is 84.5 Å². The lowest BCUT2D eigenvalue weighted by atomic mass is 9.83. The largest absolute Gasteiger partial charge is 0.494 e. The van der Waals surface area contributed by atoms with Gasteiger partial charge in [-0.05, 0) is 69.1 Å². The second kappa shape index (κ2) is 13.1. The number of aromatic nitrogens is 2. The van der Waals surface area contributed by atoms with Crippen LogP contribution >= 0.6 is 11.6 Å². The van der Waals surface area contributed by atoms with Gasteiger partial charge < -0.3 is 35.4 Å². The number of amides is 2. The number of likely N-dealkylation sites (tertiary alicyclic amines) is 1. The molecular weight excluding hydrogens is 592 g/mol. The molecule has 238 valence electrons. The van der Waals surface area contributed by atoms with Crippen molar-refractivity contribution < 1.29 is 14.3 Å². The van der Waals surface area contributed by atoms with E-state index in [0.29, 0.717) is 48.6 Å². The number of ether oxygens (including phenoxy) is 1. The number of fused-ring (bicyclic) bond motifs is 1. The number of carbonyl (C=O) groups is 2. The number of hydrogen-bond acceptors (Lipinski definition) is 9. The van der Waals surface area contributed by atoms with Crippen molar-refractivity contribution in [2.24, 2.45) is 0 Å². The first-order chi connectivity index (χ1) is 21.7. The summed E-state index contributed by atoms with van der Waals surface area (Å²) >= 11 is 6.47. The zero-order valence-corrected chi connectivity index (χ0v) is 26.9. The van der Waals surface area contributed by atoms with Gasteiger partial charge in [0.15, 0.2) is 5.82 Å². The summed E-state index contributed by atoms with van der Waals surface area (Å²) in [4.78, 5) is 40.9. The molecule has 11 nitrogen and oxygen atoms in total. The predicted molar refractivity (Wildman–Crippen MR) is 178 cm³/mol. The van der Waals surface area contributed by atoms with Crippen molar-refractivity contribution in [3.63, 3.8) is 0 Å². The molecule has 0 bridgehead atoms. The first-order valence-electron chi connectivity index (χ1n) is 15.6. The van der Waals surface area contributed by atoms with E-state index in [1.54, 1.807) is 13.3 Å². The smallest absolute Gasteiger partial charge is 0.234 e. The van der Waals surface area contributed by atoms with E-state index < -0.39 is 5.41 Å². The van der Waals surface area contributed by atoms with Gasteiger partial charge >= 0.3 is 0 Å². The van der Waals surface area contributed by atoms with Gasteiger partial charge in [-0.3, -0.25) is 9.59 Å². The van der Waals surface area contributed by atoms with Gasteiger partial charge in [0, 0.05) is 63.1 Å². The van der Waals surface area contributed by atoms with Crippen LogP contribution in [0.2, 0.25) is 5.02 Å². The molecule has 3 aromatic rings. The molecule has 3 aliphatic heterocycles. The number of benzene rings is 2. The number of nitrogens with one attached hydrogen (secondary N) is 3. The first kappa shape index (κ1) is 30.9. The Hall–Kier alpha value is -4.09. The third kappa shape index (κ3) is 6.64. The monoisotopic (exact) mass is 632 g/mol. The van der Waals surface area contributed by atoms with E-state index in [0.717, 1.165) is 60.9 Å². The fourth-order valence-corrected chi connectivity index (χ4v) is 6.60. The van der Waals surface area contributed by atoms with Crippen LogP contribution in [0.15, 0.2) is 42.6 Å². The maximum absolute atomic E-state index is 12.8. The Morgan fingerprint density at radius 3 is 2.62 bits per heavy atom. The van der Waals surface area contributed by atoms with Gasteiger partial charge in [-0.2, -0.15) is 4.98 Å². The van der Waals surface area contributed by atoms with Crippen LogP contribution in [0.4, 0.5) is 28.8 Å². The van der Waals surface area contributed by atoms with Gasteiger partial charge in [0.25, 0.3) is 0 Å². The summed E-state index contributed by atoms with van der Waals surface area (Å²) in [5.41, 5.74) is 3.92. The lowest BCUT2D eigenvalue weighted by molar-refractivity contribution is -0.131. The van der Waals surface area contributed by atoms with Gasteiger partial charge in [-0.25, -0.2) is 4.98 Å². The summed E-state index contributed by atoms with van der Waals surface area (Å²) in [5.74, 6) is 1.73. The SMILES string of the molecule is COc1cc(N2CCN(C(=O)CCN3CCCC3)CC2)ccc1Nc1ncc(Cl)c(NCc2cccc3c2C(C)(C)C(=O)N3)n1. The van der Waals surface area contributed by atoms with E-state index in [1.807, 2.05) is 55.1 Å². The topological polar surface area (TPSA) is 115 Å². The van der Waals surface area contributed by atoms with Crippen LogP contribution in [-0.2, 0) is 21.5 Å². The van der Waals surface area contributed by atoms with Gasteiger partial charge in [-0.1, -0.05) is 23.7 Å². The van der Waals surface area contributed by atoms with E-state index in [9.17, 15) is 9.59 Å². The Balaban J connectivity index is 1.08. The summed E-state index contributed by atoms with van der Waals surface area (Å²) in [6.07, 6.45) is 4.64. The van der Waals surface area contributed by atoms with Crippen molar-refractivity contribution in [2.75, 3.05) is 73.8 Å². The Morgan fingerprint density at radius 2 is 1.87 bits per heavy atom. The molecule has 2 saturated heterocycles. The molecule has 0 spiro atoms. The van der Waals surface area contributed by atoms with Crippen molar-refractivity contribution in [3.05, 3.63) is 58.7 Å². The zero-order valence-electron chi connectivity index (χ0n) is 26.2. The Kier molecular flexibility index (Phi) is 9.00. The number of nitrogens with zero attached hydrogens (tertiary/aromatic N) is 5. The van der Waals surface area contributed by atoms with E-state index in [4.69, 9.17) is 16.3 Å². The number of anilines is 5. The predicted octanol–water partition coefficient (Wildman–Crippen LogP) is 4.86. The molecule has 1 aromatic heterocycles. The molecule has 0 radical (unpaired) electrons. The van der Waals surface area contributed by atoms with Crippen LogP contribution in [0.25, 0.3) is 0 Å². The fourth-order valence-electron chi connectivity index (χ4n) is 6.44. The Morgan fingerprint density at radius 1 is 1.09 bits per heavy atom. The molecule has 4 heterocycles. The second-order valence-corrected chi connectivity index (χ2v) is 12.7. The normalized spacial score (nSPS) is 17.6. The highest BCUT2D eigenvalue weighted by atomic mass is 35.5. The maximum Gasteiger partial charge on any atom is 0.234 e. The highest BCUT2D eigenvalue weighted by Gasteiger charge is 2.40. The summed E-state index contributed by atoms with van der Waals surface area (Å²) < 4.78 is 5.73. The summed E-state index contributed by atoms with van der Waals surface area (Å²) in [5, 5.41) is 9.94. The van der Waals surface area contributed by atoms with E-state index in [-0.39, 0.29) is 11.8 Å². The molecule has 3 aliphatic rings. The number of piperazine rings is 1. The highest BCUT2D eigenvalue weighted by Crippen LogP contribution is 2.40. The van der Waals surface area contributed by atoms with Gasteiger partial charge in [0.2, 0.25) is 17.8 Å². The number of carbonyl (C=O) groups excluding carboxylic acids is 2. The first-order valence-corrected chi connectivity index (χ1v) is 16.0. The quantitative estimate of drug-likeness (QED) is 0.288. The van der Waals surface area contributed by atoms with Crippen molar-refractivity contribution in [3.8, 4) is 5.75 Å². The van der Waals surface area contributed by atoms with Crippen LogP contribution in [0, 0.1) is 0 Å². The molecule has 45 heavy (non-hydrogen) atoms. The van der Waals surface area contributed by atoms with Crippen LogP contribution in [0.5, 0.6) is 5.75 Å². The molecular formula is C33H41ClN8O3. The van der Waals surface area contributed by atoms with Gasteiger partial charge in [0.1, 0.15) is 10.8 Å². The van der Waals surface area contributed by atoms with Crippen LogP contribution in [0.3, 0.4) is 0 Å². The Labute approximate surface area is 269 Å². The summed E-state index contributed by atoms with van der Waals surface area (Å²) in [6, 6.07) is 11.8. The third-order valence-corrected chi connectivity index (χ3v) is 9.33. The molecule has 0 unspecified atom stereocenters. The molecule has 6 rings (SSSR count). The Bertz CT molecular complexity index is 1570. The maximum atomic E-state index is 12.8. The number of halogens is 1. The summed E-state index contributed by atoms with van der Waals surface area (Å²) in [6.45, 7) is 10.4. The van der Waals surface area contributed by atoms with Gasteiger partial charge in [0.05, 0.1) is 24.4 Å². The van der Waals surface area contributed by atoms with E-state index in [2.05, 4.69) is 35.7 Å². The minimum absolute atomic E-state index is 0.0166. The molecule has 2 amide bonds.